The van der Waals surface area contributed by atoms with Crippen molar-refractivity contribution in [2.24, 2.45) is 0 Å². The van der Waals surface area contributed by atoms with Gasteiger partial charge in [0.25, 0.3) is 5.91 Å². The molecule has 8 heteroatoms. The van der Waals surface area contributed by atoms with Gasteiger partial charge in [0.2, 0.25) is 12.4 Å². The summed E-state index contributed by atoms with van der Waals surface area (Å²) in [6.07, 6.45) is 2.52. The Morgan fingerprint density at radius 3 is 2.34 bits per heavy atom. The molecule has 2 amide bonds. The van der Waals surface area contributed by atoms with Gasteiger partial charge in [-0.25, -0.2) is 9.97 Å². The molecule has 1 aromatic carbocycles. The van der Waals surface area contributed by atoms with Gasteiger partial charge in [0.15, 0.2) is 0 Å². The second-order valence-electron chi connectivity index (χ2n) is 7.42. The van der Waals surface area contributed by atoms with Crippen LogP contribution in [0.5, 0.6) is 0 Å². The monoisotopic (exact) mass is 394 g/mol. The molecule has 0 radical (unpaired) electrons. The molecule has 2 fully saturated rings. The van der Waals surface area contributed by atoms with E-state index < -0.39 is 0 Å². The van der Waals surface area contributed by atoms with Gasteiger partial charge in [-0.3, -0.25) is 14.5 Å². The van der Waals surface area contributed by atoms with E-state index in [0.29, 0.717) is 50.9 Å². The van der Waals surface area contributed by atoms with Crippen LogP contribution in [-0.4, -0.2) is 89.3 Å². The number of benzene rings is 1. The molecule has 1 aromatic heterocycles. The first-order valence-electron chi connectivity index (χ1n) is 10.1. The van der Waals surface area contributed by atoms with E-state index in [1.54, 1.807) is 17.2 Å². The highest BCUT2D eigenvalue weighted by atomic mass is 16.2. The summed E-state index contributed by atoms with van der Waals surface area (Å²) in [6, 6.07) is 12.1. The number of nitrogens with zero attached hydrogens (tertiary/aromatic N) is 6. The Morgan fingerprint density at radius 1 is 0.931 bits per heavy atom. The van der Waals surface area contributed by atoms with Crippen LogP contribution in [0.4, 0.5) is 5.95 Å². The number of hydrogen-bond donors (Lipinski definition) is 0. The van der Waals surface area contributed by atoms with Crippen LogP contribution in [0, 0.1) is 0 Å². The van der Waals surface area contributed by atoms with E-state index in [4.69, 9.17) is 0 Å². The number of hydrogen-bond acceptors (Lipinski definition) is 6. The number of amides is 2. The van der Waals surface area contributed by atoms with Crippen LogP contribution in [-0.2, 0) is 11.3 Å². The zero-order valence-electron chi connectivity index (χ0n) is 16.5. The van der Waals surface area contributed by atoms with Crippen molar-refractivity contribution in [1.82, 2.24) is 24.7 Å². The molecule has 0 aliphatic carbocycles. The Hall–Kier alpha value is -3.00. The van der Waals surface area contributed by atoms with Crippen molar-refractivity contribution in [1.29, 1.82) is 0 Å². The molecule has 0 spiro atoms. The average molecular weight is 394 g/mol. The molecule has 0 N–H and O–H groups in total. The first-order valence-corrected chi connectivity index (χ1v) is 10.1. The lowest BCUT2D eigenvalue weighted by molar-refractivity contribution is -0.118. The predicted octanol–water partition coefficient (Wildman–Crippen LogP) is 0.713. The maximum atomic E-state index is 12.9. The van der Waals surface area contributed by atoms with Crippen molar-refractivity contribution in [3.63, 3.8) is 0 Å². The summed E-state index contributed by atoms with van der Waals surface area (Å²) >= 11 is 0. The van der Waals surface area contributed by atoms with Gasteiger partial charge in [-0.15, -0.1) is 0 Å². The van der Waals surface area contributed by atoms with E-state index in [0.717, 1.165) is 26.0 Å². The van der Waals surface area contributed by atoms with Crippen molar-refractivity contribution in [2.45, 2.75) is 6.54 Å². The minimum absolute atomic E-state index is 0.0421. The summed E-state index contributed by atoms with van der Waals surface area (Å²) in [7, 11) is 0. The number of carbonyl (C=O) groups is 2. The molecule has 2 aliphatic rings. The number of anilines is 1. The molecular formula is C21H26N6O2. The van der Waals surface area contributed by atoms with E-state index in [2.05, 4.69) is 39.1 Å². The van der Waals surface area contributed by atoms with Gasteiger partial charge in [-0.1, -0.05) is 30.3 Å². The first-order chi connectivity index (χ1) is 14.2. The van der Waals surface area contributed by atoms with Crippen LogP contribution in [0.1, 0.15) is 16.1 Å². The molecule has 2 aromatic rings. The lowest BCUT2D eigenvalue weighted by atomic mass is 10.2. The van der Waals surface area contributed by atoms with E-state index in [9.17, 15) is 9.59 Å². The van der Waals surface area contributed by atoms with Crippen molar-refractivity contribution in [3.05, 3.63) is 53.9 Å². The fraction of sp³-hybridized carbons (Fsp3) is 0.429. The smallest absolute Gasteiger partial charge is 0.272 e. The average Bonchev–Trinajstić information content (AvgIpc) is 2.80. The topological polar surface area (TPSA) is 72.9 Å². The predicted molar refractivity (Wildman–Crippen MR) is 110 cm³/mol. The largest absolute Gasteiger partial charge is 0.342 e. The Balaban J connectivity index is 1.34. The molecule has 152 valence electrons. The summed E-state index contributed by atoms with van der Waals surface area (Å²) in [4.78, 5) is 40.7. The third kappa shape index (κ3) is 4.71. The minimum Gasteiger partial charge on any atom is -0.342 e. The molecular weight excluding hydrogens is 368 g/mol. The molecule has 2 aliphatic heterocycles. The number of carbonyl (C=O) groups excluding carboxylic acids is 2. The lowest BCUT2D eigenvalue weighted by Gasteiger charge is -2.35. The normalized spacial score (nSPS) is 18.0. The molecule has 4 rings (SSSR count). The van der Waals surface area contributed by atoms with Crippen LogP contribution in [0.3, 0.4) is 0 Å². The molecule has 3 heterocycles. The van der Waals surface area contributed by atoms with Crippen LogP contribution in [0.2, 0.25) is 0 Å². The zero-order chi connectivity index (χ0) is 20.1. The fourth-order valence-corrected chi connectivity index (χ4v) is 3.76. The Labute approximate surface area is 170 Å². The maximum Gasteiger partial charge on any atom is 0.272 e. The molecule has 0 unspecified atom stereocenters. The highest BCUT2D eigenvalue weighted by Crippen LogP contribution is 2.14. The Bertz CT molecular complexity index is 830. The van der Waals surface area contributed by atoms with Crippen LogP contribution < -0.4 is 4.90 Å². The van der Waals surface area contributed by atoms with Gasteiger partial charge in [0, 0.05) is 65.1 Å². The van der Waals surface area contributed by atoms with E-state index >= 15 is 0 Å². The highest BCUT2D eigenvalue weighted by Gasteiger charge is 2.24. The third-order valence-corrected chi connectivity index (χ3v) is 5.52. The Morgan fingerprint density at radius 2 is 1.66 bits per heavy atom. The Kier molecular flexibility index (Phi) is 6.00. The number of piperazine rings is 2. The second-order valence-corrected chi connectivity index (χ2v) is 7.42. The molecule has 0 atom stereocenters. The SMILES string of the molecule is O=CN1CCN(c2nccc(C(=O)N3CCN(Cc4ccccc4)CC3)n2)CC1. The summed E-state index contributed by atoms with van der Waals surface area (Å²) in [5.74, 6) is 0.517. The quantitative estimate of drug-likeness (QED) is 0.696. The van der Waals surface area contributed by atoms with Gasteiger partial charge in [0.05, 0.1) is 0 Å². The van der Waals surface area contributed by atoms with Crippen molar-refractivity contribution >= 4 is 18.3 Å². The number of rotatable bonds is 5. The second kappa shape index (κ2) is 9.00. The molecule has 2 saturated heterocycles. The number of aromatic nitrogens is 2. The molecule has 0 saturated carbocycles. The fourth-order valence-electron chi connectivity index (χ4n) is 3.76. The summed E-state index contributed by atoms with van der Waals surface area (Å²) in [5.41, 5.74) is 1.73. The summed E-state index contributed by atoms with van der Waals surface area (Å²) < 4.78 is 0. The van der Waals surface area contributed by atoms with Crippen LogP contribution in [0.25, 0.3) is 0 Å². The van der Waals surface area contributed by atoms with Crippen LogP contribution >= 0.6 is 0 Å². The first kappa shape index (κ1) is 19.3. The van der Waals surface area contributed by atoms with Crippen molar-refractivity contribution in [2.75, 3.05) is 57.3 Å². The van der Waals surface area contributed by atoms with Gasteiger partial charge in [0.1, 0.15) is 5.69 Å². The third-order valence-electron chi connectivity index (χ3n) is 5.52. The van der Waals surface area contributed by atoms with Crippen molar-refractivity contribution < 1.29 is 9.59 Å². The lowest BCUT2D eigenvalue weighted by Crippen LogP contribution is -2.48. The highest BCUT2D eigenvalue weighted by molar-refractivity contribution is 5.92. The van der Waals surface area contributed by atoms with Crippen molar-refractivity contribution in [3.8, 4) is 0 Å². The zero-order valence-corrected chi connectivity index (χ0v) is 16.5. The molecule has 29 heavy (non-hydrogen) atoms. The van der Waals surface area contributed by atoms with Gasteiger partial charge >= 0.3 is 0 Å². The van der Waals surface area contributed by atoms with E-state index in [1.807, 2.05) is 15.9 Å². The summed E-state index contributed by atoms with van der Waals surface area (Å²) in [5, 5.41) is 0. The minimum atomic E-state index is -0.0421. The maximum absolute atomic E-state index is 12.9. The molecule has 0 bridgehead atoms. The van der Waals surface area contributed by atoms with E-state index in [1.165, 1.54) is 5.56 Å². The van der Waals surface area contributed by atoms with E-state index in [-0.39, 0.29) is 5.91 Å². The van der Waals surface area contributed by atoms with Gasteiger partial charge in [-0.2, -0.15) is 0 Å². The standard InChI is InChI=1S/C21H26N6O2/c28-17-25-10-14-27(15-11-25)21-22-7-6-19(23-21)20(29)26-12-8-24(9-13-26)16-18-4-2-1-3-5-18/h1-7,17H,8-16H2. The van der Waals surface area contributed by atoms with Crippen LogP contribution in [0.15, 0.2) is 42.6 Å². The summed E-state index contributed by atoms with van der Waals surface area (Å²) in [6.45, 7) is 6.66. The van der Waals surface area contributed by atoms with Gasteiger partial charge < -0.3 is 14.7 Å². The van der Waals surface area contributed by atoms with Gasteiger partial charge in [-0.05, 0) is 11.6 Å². The molecule has 8 nitrogen and oxygen atoms in total.